The van der Waals surface area contributed by atoms with Crippen LogP contribution in [0, 0.1) is 3.57 Å². The van der Waals surface area contributed by atoms with E-state index in [1.165, 1.54) is 11.8 Å². The molecule has 0 bridgehead atoms. The third-order valence-corrected chi connectivity index (χ3v) is 6.54. The Bertz CT molecular complexity index is 1150. The van der Waals surface area contributed by atoms with Crippen LogP contribution in [-0.2, 0) is 11.4 Å². The van der Waals surface area contributed by atoms with Crippen LogP contribution in [0.15, 0.2) is 87.2 Å². The maximum atomic E-state index is 12.5. The zero-order chi connectivity index (χ0) is 20.9. The molecule has 3 aromatic rings. The van der Waals surface area contributed by atoms with Gasteiger partial charge >= 0.3 is 0 Å². The van der Waals surface area contributed by atoms with E-state index in [4.69, 9.17) is 4.74 Å². The normalized spacial score (nSPS) is 16.1. The Morgan fingerprint density at radius 2 is 1.83 bits per heavy atom. The van der Waals surface area contributed by atoms with Gasteiger partial charge in [0.2, 0.25) is 0 Å². The minimum absolute atomic E-state index is 0.168. The Hall–Kier alpha value is -2.10. The van der Waals surface area contributed by atoms with Crippen molar-refractivity contribution in [2.24, 2.45) is 4.99 Å². The topological polar surface area (TPSA) is 50.7 Å². The van der Waals surface area contributed by atoms with Gasteiger partial charge in [-0.1, -0.05) is 58.4 Å². The molecule has 7 heteroatoms. The molecule has 1 saturated heterocycles. The van der Waals surface area contributed by atoms with Gasteiger partial charge in [0.1, 0.15) is 12.4 Å². The average molecular weight is 591 g/mol. The Morgan fingerprint density at radius 1 is 1.07 bits per heavy atom. The molecule has 1 fully saturated rings. The number of nitrogens with one attached hydrogen (secondary N) is 1. The molecule has 0 unspecified atom stereocenters. The Balaban J connectivity index is 1.57. The van der Waals surface area contributed by atoms with Crippen LogP contribution < -0.4 is 10.1 Å². The van der Waals surface area contributed by atoms with Crippen LogP contribution in [0.3, 0.4) is 0 Å². The number of halogens is 2. The number of nitrogens with zero attached hydrogens (tertiary/aromatic N) is 1. The van der Waals surface area contributed by atoms with E-state index >= 15 is 0 Å². The van der Waals surface area contributed by atoms with Crippen molar-refractivity contribution in [3.05, 3.63) is 96.9 Å². The fourth-order valence-corrected chi connectivity index (χ4v) is 4.48. The quantitative estimate of drug-likeness (QED) is 0.272. The lowest BCUT2D eigenvalue weighted by atomic mass is 10.2. The molecule has 150 valence electrons. The molecular formula is C23H16BrIN2O2S. The van der Waals surface area contributed by atoms with E-state index in [2.05, 4.69) is 48.8 Å². The average Bonchev–Trinajstić information content (AvgIpc) is 3.09. The summed E-state index contributed by atoms with van der Waals surface area (Å²) in [6, 6.07) is 23.5. The fourth-order valence-electron chi connectivity index (χ4n) is 2.77. The molecule has 1 amide bonds. The highest BCUT2D eigenvalue weighted by atomic mass is 127. The minimum atomic E-state index is -0.168. The van der Waals surface area contributed by atoms with Gasteiger partial charge in [0.05, 0.1) is 10.6 Å². The van der Waals surface area contributed by atoms with Crippen LogP contribution in [-0.4, -0.2) is 11.1 Å². The first-order valence-corrected chi connectivity index (χ1v) is 11.8. The monoisotopic (exact) mass is 590 g/mol. The number of para-hydroxylation sites is 1. The maximum absolute atomic E-state index is 12.5. The molecule has 1 aliphatic heterocycles. The van der Waals surface area contributed by atoms with E-state index in [0.29, 0.717) is 22.4 Å². The van der Waals surface area contributed by atoms with Crippen molar-refractivity contribution in [3.63, 3.8) is 0 Å². The summed E-state index contributed by atoms with van der Waals surface area (Å²) >= 11 is 7.06. The van der Waals surface area contributed by atoms with E-state index in [0.717, 1.165) is 24.9 Å². The maximum Gasteiger partial charge on any atom is 0.264 e. The number of hydrogen-bond acceptors (Lipinski definition) is 4. The molecule has 4 rings (SSSR count). The van der Waals surface area contributed by atoms with Crippen molar-refractivity contribution in [3.8, 4) is 5.75 Å². The van der Waals surface area contributed by atoms with E-state index < -0.39 is 0 Å². The SMILES string of the molecule is O=C1NC(=Nc2ccccc2I)S/C1=C/c1cc(Br)ccc1OCc1ccccc1. The van der Waals surface area contributed by atoms with Crippen molar-refractivity contribution < 1.29 is 9.53 Å². The van der Waals surface area contributed by atoms with Gasteiger partial charge in [-0.2, -0.15) is 0 Å². The second kappa shape index (κ2) is 9.80. The molecule has 0 radical (unpaired) electrons. The number of amides is 1. The number of thioether (sulfide) groups is 1. The third kappa shape index (κ3) is 5.33. The van der Waals surface area contributed by atoms with Crippen molar-refractivity contribution in [1.82, 2.24) is 5.32 Å². The summed E-state index contributed by atoms with van der Waals surface area (Å²) in [5.74, 6) is 0.546. The van der Waals surface area contributed by atoms with Gasteiger partial charge in [-0.15, -0.1) is 0 Å². The van der Waals surface area contributed by atoms with Crippen molar-refractivity contribution in [1.29, 1.82) is 0 Å². The molecule has 0 aromatic heterocycles. The number of carbonyl (C=O) groups excluding carboxylic acids is 1. The van der Waals surface area contributed by atoms with Gasteiger partial charge in [0.15, 0.2) is 5.17 Å². The predicted octanol–water partition coefficient (Wildman–Crippen LogP) is 6.52. The second-order valence-electron chi connectivity index (χ2n) is 6.39. The summed E-state index contributed by atoms with van der Waals surface area (Å²) in [7, 11) is 0. The lowest BCUT2D eigenvalue weighted by Gasteiger charge is -2.10. The highest BCUT2D eigenvalue weighted by molar-refractivity contribution is 14.1. The lowest BCUT2D eigenvalue weighted by molar-refractivity contribution is -0.115. The number of rotatable bonds is 5. The van der Waals surface area contributed by atoms with Crippen molar-refractivity contribution >= 4 is 73.1 Å². The van der Waals surface area contributed by atoms with Gasteiger partial charge < -0.3 is 10.1 Å². The first-order chi connectivity index (χ1) is 14.6. The number of aliphatic imine (C=N–C) groups is 1. The van der Waals surface area contributed by atoms with Crippen molar-refractivity contribution in [2.45, 2.75) is 6.61 Å². The molecule has 1 heterocycles. The predicted molar refractivity (Wildman–Crippen MR) is 135 cm³/mol. The molecule has 1 aliphatic rings. The highest BCUT2D eigenvalue weighted by Gasteiger charge is 2.24. The first-order valence-electron chi connectivity index (χ1n) is 9.09. The lowest BCUT2D eigenvalue weighted by Crippen LogP contribution is -2.19. The molecule has 0 spiro atoms. The molecule has 0 atom stereocenters. The van der Waals surface area contributed by atoms with Gasteiger partial charge in [-0.25, -0.2) is 4.99 Å². The van der Waals surface area contributed by atoms with E-state index in [1.807, 2.05) is 78.9 Å². The summed E-state index contributed by atoms with van der Waals surface area (Å²) in [5.41, 5.74) is 2.74. The van der Waals surface area contributed by atoms with Crippen LogP contribution in [0.25, 0.3) is 6.08 Å². The summed E-state index contributed by atoms with van der Waals surface area (Å²) in [5, 5.41) is 3.41. The van der Waals surface area contributed by atoms with Crippen LogP contribution in [0.2, 0.25) is 0 Å². The number of hydrogen-bond donors (Lipinski definition) is 1. The Labute approximate surface area is 201 Å². The number of ether oxygens (including phenoxy) is 1. The van der Waals surface area contributed by atoms with Gasteiger partial charge in [0.25, 0.3) is 5.91 Å². The summed E-state index contributed by atoms with van der Waals surface area (Å²) < 4.78 is 7.97. The Kier molecular flexibility index (Phi) is 6.91. The third-order valence-electron chi connectivity index (χ3n) is 4.22. The van der Waals surface area contributed by atoms with Crippen molar-refractivity contribution in [2.75, 3.05) is 0 Å². The number of benzene rings is 3. The number of carbonyl (C=O) groups is 1. The zero-order valence-corrected chi connectivity index (χ0v) is 20.2. The van der Waals surface area contributed by atoms with Crippen LogP contribution in [0.4, 0.5) is 5.69 Å². The highest BCUT2D eigenvalue weighted by Crippen LogP contribution is 2.33. The minimum Gasteiger partial charge on any atom is -0.488 e. The molecule has 0 aliphatic carbocycles. The zero-order valence-electron chi connectivity index (χ0n) is 15.6. The molecular weight excluding hydrogens is 575 g/mol. The van der Waals surface area contributed by atoms with E-state index in [9.17, 15) is 4.79 Å². The largest absolute Gasteiger partial charge is 0.488 e. The summed E-state index contributed by atoms with van der Waals surface area (Å²) in [4.78, 5) is 17.7. The van der Waals surface area contributed by atoms with Crippen LogP contribution in [0.5, 0.6) is 5.75 Å². The number of amidine groups is 1. The van der Waals surface area contributed by atoms with E-state index in [1.54, 1.807) is 0 Å². The molecule has 0 saturated carbocycles. The molecule has 4 nitrogen and oxygen atoms in total. The molecule has 30 heavy (non-hydrogen) atoms. The van der Waals surface area contributed by atoms with Gasteiger partial charge in [-0.3, -0.25) is 4.79 Å². The summed E-state index contributed by atoms with van der Waals surface area (Å²) in [6.45, 7) is 0.455. The second-order valence-corrected chi connectivity index (χ2v) is 9.50. The standard InChI is InChI=1S/C23H16BrIN2O2S/c24-17-10-11-20(29-14-15-6-2-1-3-7-15)16(12-17)13-21-22(28)27-23(30-21)26-19-9-5-4-8-18(19)25/h1-13H,14H2,(H,26,27,28)/b21-13+. The first kappa shape index (κ1) is 21.1. The van der Waals surface area contributed by atoms with Gasteiger partial charge in [0, 0.05) is 13.6 Å². The fraction of sp³-hybridized carbons (Fsp3) is 0.0435. The van der Waals surface area contributed by atoms with Gasteiger partial charge in [-0.05, 0) is 76.3 Å². The molecule has 1 N–H and O–H groups in total. The summed E-state index contributed by atoms with van der Waals surface area (Å²) in [6.07, 6.45) is 1.84. The van der Waals surface area contributed by atoms with Crippen LogP contribution in [0.1, 0.15) is 11.1 Å². The smallest absolute Gasteiger partial charge is 0.264 e. The van der Waals surface area contributed by atoms with E-state index in [-0.39, 0.29) is 5.91 Å². The Morgan fingerprint density at radius 3 is 2.63 bits per heavy atom. The van der Waals surface area contributed by atoms with Crippen LogP contribution >= 0.6 is 50.3 Å². The molecule has 3 aromatic carbocycles.